The van der Waals surface area contributed by atoms with Crippen LogP contribution in [-0.4, -0.2) is 75.4 Å². The maximum absolute atomic E-state index is 13.0. The summed E-state index contributed by atoms with van der Waals surface area (Å²) >= 11 is -2.51. The minimum absolute atomic E-state index is 0.00442. The molecule has 2 aliphatic rings. The highest BCUT2D eigenvalue weighted by molar-refractivity contribution is 7.80. The summed E-state index contributed by atoms with van der Waals surface area (Å²) in [5.41, 5.74) is 0.663. The van der Waals surface area contributed by atoms with Crippen molar-refractivity contribution < 1.29 is 23.1 Å². The van der Waals surface area contributed by atoms with Gasteiger partial charge >= 0.3 is 6.09 Å². The normalized spacial score (nSPS) is 19.0. The lowest BCUT2D eigenvalue weighted by Gasteiger charge is -2.40. The molecule has 2 saturated heterocycles. The summed E-state index contributed by atoms with van der Waals surface area (Å²) in [6.07, 6.45) is 2.26. The van der Waals surface area contributed by atoms with Crippen LogP contribution in [0.1, 0.15) is 46.5 Å². The molecule has 1 N–H and O–H groups in total. The zero-order valence-corrected chi connectivity index (χ0v) is 22.9. The largest absolute Gasteiger partial charge is 0.755 e. The second-order valence-electron chi connectivity index (χ2n) is 11.0. The van der Waals surface area contributed by atoms with Crippen LogP contribution in [0.3, 0.4) is 0 Å². The minimum atomic E-state index is -2.51. The van der Waals surface area contributed by atoms with Crippen molar-refractivity contribution >= 4 is 45.4 Å². The predicted octanol–water partition coefficient (Wildman–Crippen LogP) is 4.12. The number of nitrogens with zero attached hydrogens (tertiary/aromatic N) is 3. The van der Waals surface area contributed by atoms with E-state index in [2.05, 4.69) is 17.3 Å². The van der Waals surface area contributed by atoms with Crippen LogP contribution < -0.4 is 9.62 Å². The Morgan fingerprint density at radius 1 is 1.00 bits per heavy atom. The van der Waals surface area contributed by atoms with Crippen molar-refractivity contribution in [2.45, 2.75) is 58.1 Å². The Morgan fingerprint density at radius 3 is 2.22 bits per heavy atom. The molecule has 1 atom stereocenters. The number of fused-ring (bicyclic) bond motifs is 1. The number of carbonyl (C=O) groups is 2. The molecule has 202 valence electrons. The monoisotopic (exact) mass is 529 g/mol. The Labute approximate surface area is 221 Å². The highest BCUT2D eigenvalue weighted by Crippen LogP contribution is 2.36. The highest BCUT2D eigenvalue weighted by Gasteiger charge is 2.31. The number of benzene rings is 2. The molecule has 4 rings (SSSR count). The smallest absolute Gasteiger partial charge is 0.410 e. The van der Waals surface area contributed by atoms with E-state index in [0.29, 0.717) is 37.3 Å². The first-order valence-corrected chi connectivity index (χ1v) is 13.9. The van der Waals surface area contributed by atoms with E-state index in [0.717, 1.165) is 36.7 Å². The van der Waals surface area contributed by atoms with Gasteiger partial charge in [-0.25, -0.2) is 4.79 Å². The summed E-state index contributed by atoms with van der Waals surface area (Å²) in [6, 6.07) is 10.8. The van der Waals surface area contributed by atoms with E-state index in [1.165, 1.54) is 4.31 Å². The van der Waals surface area contributed by atoms with Crippen molar-refractivity contribution in [3.8, 4) is 0 Å². The van der Waals surface area contributed by atoms with Crippen LogP contribution in [0.4, 0.5) is 16.2 Å². The first-order valence-electron chi connectivity index (χ1n) is 12.9. The van der Waals surface area contributed by atoms with Crippen LogP contribution in [0.5, 0.6) is 0 Å². The van der Waals surface area contributed by atoms with Gasteiger partial charge in [-0.1, -0.05) is 24.3 Å². The topological polar surface area (TPSA) is 105 Å². The summed E-state index contributed by atoms with van der Waals surface area (Å²) in [5.74, 6) is -0.0276. The van der Waals surface area contributed by atoms with Gasteiger partial charge in [0.25, 0.3) is 0 Å². The van der Waals surface area contributed by atoms with Gasteiger partial charge in [0, 0.05) is 52.8 Å². The third kappa shape index (κ3) is 6.61. The van der Waals surface area contributed by atoms with Gasteiger partial charge in [-0.3, -0.25) is 13.3 Å². The lowest BCUT2D eigenvalue weighted by molar-refractivity contribution is -0.121. The number of likely N-dealkylation sites (tertiary alicyclic amines) is 2. The molecule has 9 nitrogen and oxygen atoms in total. The average Bonchev–Trinajstić information content (AvgIpc) is 2.85. The molecule has 37 heavy (non-hydrogen) atoms. The molecular weight excluding hydrogens is 492 g/mol. The van der Waals surface area contributed by atoms with Gasteiger partial charge in [-0.2, -0.15) is 0 Å². The van der Waals surface area contributed by atoms with Crippen LogP contribution in [0.2, 0.25) is 0 Å². The van der Waals surface area contributed by atoms with E-state index >= 15 is 0 Å². The van der Waals surface area contributed by atoms with E-state index in [4.69, 9.17) is 4.74 Å². The molecule has 2 aromatic carbocycles. The predicted molar refractivity (Wildman–Crippen MR) is 145 cm³/mol. The second kappa shape index (κ2) is 11.4. The van der Waals surface area contributed by atoms with Crippen LogP contribution in [0.25, 0.3) is 10.8 Å². The van der Waals surface area contributed by atoms with Crippen LogP contribution in [-0.2, 0) is 20.8 Å². The summed E-state index contributed by atoms with van der Waals surface area (Å²) in [7, 11) is 2.06. The molecular formula is C27H37N4O5S-. The van der Waals surface area contributed by atoms with E-state index in [9.17, 15) is 18.4 Å². The number of anilines is 2. The van der Waals surface area contributed by atoms with Crippen molar-refractivity contribution in [3.63, 3.8) is 0 Å². The van der Waals surface area contributed by atoms with Gasteiger partial charge in [0.15, 0.2) is 0 Å². The molecule has 10 heteroatoms. The lowest BCUT2D eigenvalue weighted by Crippen LogP contribution is -2.48. The van der Waals surface area contributed by atoms with Crippen molar-refractivity contribution in [2.75, 3.05) is 42.8 Å². The molecule has 0 saturated carbocycles. The first-order chi connectivity index (χ1) is 17.5. The molecule has 0 aliphatic carbocycles. The second-order valence-corrected chi connectivity index (χ2v) is 11.8. The van der Waals surface area contributed by atoms with Crippen molar-refractivity contribution in [1.82, 2.24) is 9.80 Å². The number of hydrogen-bond donors (Lipinski definition) is 1. The minimum Gasteiger partial charge on any atom is -0.755 e. The molecule has 0 radical (unpaired) electrons. The fourth-order valence-corrected chi connectivity index (χ4v) is 5.87. The highest BCUT2D eigenvalue weighted by atomic mass is 32.2. The quantitative estimate of drug-likeness (QED) is 0.584. The molecule has 2 aliphatic heterocycles. The molecule has 2 aromatic rings. The van der Waals surface area contributed by atoms with Gasteiger partial charge in [0.05, 0.1) is 5.69 Å². The summed E-state index contributed by atoms with van der Waals surface area (Å²) in [5, 5.41) is 4.64. The van der Waals surface area contributed by atoms with Gasteiger partial charge in [0.2, 0.25) is 5.91 Å². The van der Waals surface area contributed by atoms with Crippen LogP contribution in [0, 0.1) is 5.92 Å². The van der Waals surface area contributed by atoms with Crippen LogP contribution in [0.15, 0.2) is 36.4 Å². The number of rotatable bonds is 5. The van der Waals surface area contributed by atoms with Crippen LogP contribution >= 0.6 is 0 Å². The molecule has 2 fully saturated rings. The Hall–Kier alpha value is -2.69. The van der Waals surface area contributed by atoms with E-state index in [1.807, 2.05) is 45.0 Å². The van der Waals surface area contributed by atoms with Crippen molar-refractivity contribution in [3.05, 3.63) is 36.4 Å². The molecule has 2 amide bonds. The SMILES string of the molecule is CN1CCC(C(=O)Nc2ccc(N(C3CCN(C(=O)OC(C)(C)C)CC3)S(=O)[O-])c3ccccc23)CC1. The number of piperidine rings is 2. The fraction of sp³-hybridized carbons (Fsp3) is 0.556. The van der Waals surface area contributed by atoms with Gasteiger partial charge in [-0.05, 0) is 78.7 Å². The third-order valence-electron chi connectivity index (χ3n) is 7.09. The van der Waals surface area contributed by atoms with E-state index in [-0.39, 0.29) is 24.0 Å². The maximum atomic E-state index is 13.0. The lowest BCUT2D eigenvalue weighted by atomic mass is 9.96. The number of ether oxygens (including phenoxy) is 1. The molecule has 1 unspecified atom stereocenters. The Bertz CT molecular complexity index is 1150. The number of amides is 2. The Balaban J connectivity index is 1.53. The zero-order valence-electron chi connectivity index (χ0n) is 22.1. The summed E-state index contributed by atoms with van der Waals surface area (Å²) in [6.45, 7) is 8.09. The Morgan fingerprint density at radius 2 is 1.62 bits per heavy atom. The average molecular weight is 530 g/mol. The number of carbonyl (C=O) groups excluding carboxylic acids is 2. The van der Waals surface area contributed by atoms with E-state index in [1.54, 1.807) is 17.0 Å². The molecule has 2 heterocycles. The molecule has 0 aromatic heterocycles. The summed E-state index contributed by atoms with van der Waals surface area (Å²) < 4.78 is 31.9. The Kier molecular flexibility index (Phi) is 8.40. The number of hydrogen-bond acceptors (Lipinski definition) is 6. The summed E-state index contributed by atoms with van der Waals surface area (Å²) in [4.78, 5) is 29.3. The maximum Gasteiger partial charge on any atom is 0.410 e. The van der Waals surface area contributed by atoms with Crippen molar-refractivity contribution in [2.24, 2.45) is 5.92 Å². The zero-order chi connectivity index (χ0) is 26.7. The van der Waals surface area contributed by atoms with E-state index < -0.39 is 16.9 Å². The van der Waals surface area contributed by atoms with Gasteiger partial charge < -0.3 is 24.4 Å². The fourth-order valence-electron chi connectivity index (χ4n) is 5.10. The molecule has 0 spiro atoms. The molecule has 0 bridgehead atoms. The third-order valence-corrected chi connectivity index (χ3v) is 7.91. The van der Waals surface area contributed by atoms with Gasteiger partial charge in [0.1, 0.15) is 5.60 Å². The van der Waals surface area contributed by atoms with Gasteiger partial charge in [-0.15, -0.1) is 0 Å². The number of nitrogens with one attached hydrogen (secondary N) is 1. The standard InChI is InChI=1S/C27H38N4O5S/c1-27(2,3)36-26(33)30-17-13-20(14-18-30)31(37(34)35)24-10-9-23(21-7-5-6-8-22(21)24)28-25(32)19-11-15-29(4)16-12-19/h5-10,19-20H,11-18H2,1-4H3,(H,28,32)(H,34,35)/p-1. The first kappa shape index (κ1) is 27.3. The van der Waals surface area contributed by atoms with Crippen molar-refractivity contribution in [1.29, 1.82) is 0 Å².